The Hall–Kier alpha value is -0.330. The summed E-state index contributed by atoms with van der Waals surface area (Å²) in [7, 11) is 0. The summed E-state index contributed by atoms with van der Waals surface area (Å²) in [6.45, 7) is 11.2. The third-order valence-electron chi connectivity index (χ3n) is 5.90. The summed E-state index contributed by atoms with van der Waals surface area (Å²) in [4.78, 5) is 8.78. The molecule has 0 aromatic heterocycles. The Bertz CT molecular complexity index is 499. The number of rotatable bonds is 9. The van der Waals surface area contributed by atoms with Crippen LogP contribution >= 0.6 is 24.0 Å². The van der Waals surface area contributed by atoms with E-state index in [0.29, 0.717) is 44.0 Å². The maximum absolute atomic E-state index is 12.6. The number of guanidine groups is 1. The second-order valence-electron chi connectivity index (χ2n) is 7.99. The number of likely N-dealkylation sites (tertiary alicyclic amines) is 1. The molecular weight excluding hydrogens is 510 g/mol. The van der Waals surface area contributed by atoms with Gasteiger partial charge in [-0.2, -0.15) is 13.2 Å². The zero-order valence-corrected chi connectivity index (χ0v) is 20.8. The zero-order chi connectivity index (χ0) is 21.3. The van der Waals surface area contributed by atoms with Crippen LogP contribution in [0, 0.1) is 5.92 Å². The van der Waals surface area contributed by atoms with Gasteiger partial charge >= 0.3 is 6.18 Å². The van der Waals surface area contributed by atoms with E-state index in [0.717, 1.165) is 45.7 Å². The third-order valence-corrected chi connectivity index (χ3v) is 5.90. The van der Waals surface area contributed by atoms with Crippen molar-refractivity contribution in [2.45, 2.75) is 58.3 Å². The van der Waals surface area contributed by atoms with Crippen molar-refractivity contribution >= 4 is 29.9 Å². The molecular formula is C20H39F3IN5O. The number of aliphatic imine (C=N–C) groups is 1. The van der Waals surface area contributed by atoms with E-state index in [2.05, 4.69) is 29.4 Å². The van der Waals surface area contributed by atoms with Crippen molar-refractivity contribution in [2.75, 3.05) is 59.0 Å². The average molecular weight is 549 g/mol. The SMILES string of the molecule is CCNC(=NCC(C(CC)CC)N1CCOCC1)NC1CCN(CC(F)(F)F)C1.I. The highest BCUT2D eigenvalue weighted by molar-refractivity contribution is 14.0. The lowest BCUT2D eigenvalue weighted by Crippen LogP contribution is -2.50. The maximum Gasteiger partial charge on any atom is 0.401 e. The van der Waals surface area contributed by atoms with Gasteiger partial charge in [-0.25, -0.2) is 0 Å². The topological polar surface area (TPSA) is 52.1 Å². The minimum Gasteiger partial charge on any atom is -0.379 e. The largest absolute Gasteiger partial charge is 0.401 e. The van der Waals surface area contributed by atoms with Gasteiger partial charge in [0.25, 0.3) is 0 Å². The number of nitrogens with zero attached hydrogens (tertiary/aromatic N) is 3. The van der Waals surface area contributed by atoms with Gasteiger partial charge < -0.3 is 15.4 Å². The van der Waals surface area contributed by atoms with E-state index in [1.165, 1.54) is 4.90 Å². The van der Waals surface area contributed by atoms with Gasteiger partial charge in [0, 0.05) is 44.8 Å². The van der Waals surface area contributed by atoms with Crippen LogP contribution < -0.4 is 10.6 Å². The molecule has 0 amide bonds. The van der Waals surface area contributed by atoms with Gasteiger partial charge in [0.05, 0.1) is 26.3 Å². The Morgan fingerprint density at radius 2 is 1.80 bits per heavy atom. The van der Waals surface area contributed by atoms with Gasteiger partial charge in [-0.1, -0.05) is 26.7 Å². The number of hydrogen-bond acceptors (Lipinski definition) is 4. The fraction of sp³-hybridized carbons (Fsp3) is 0.950. The van der Waals surface area contributed by atoms with Gasteiger partial charge in [-0.05, 0) is 19.3 Å². The second-order valence-corrected chi connectivity index (χ2v) is 7.99. The quantitative estimate of drug-likeness (QED) is 0.263. The monoisotopic (exact) mass is 549 g/mol. The van der Waals surface area contributed by atoms with Crippen LogP contribution in [-0.4, -0.2) is 93.0 Å². The first-order chi connectivity index (χ1) is 13.9. The van der Waals surface area contributed by atoms with E-state index < -0.39 is 12.7 Å². The normalized spacial score (nSPS) is 22.8. The predicted molar refractivity (Wildman–Crippen MR) is 126 cm³/mol. The van der Waals surface area contributed by atoms with Crippen molar-refractivity contribution < 1.29 is 17.9 Å². The number of halogens is 4. The van der Waals surface area contributed by atoms with E-state index in [1.54, 1.807) is 0 Å². The summed E-state index contributed by atoms with van der Waals surface area (Å²) < 4.78 is 43.4. The molecule has 0 aliphatic carbocycles. The van der Waals surface area contributed by atoms with Crippen LogP contribution in [0.2, 0.25) is 0 Å². The van der Waals surface area contributed by atoms with Crippen LogP contribution in [0.1, 0.15) is 40.0 Å². The van der Waals surface area contributed by atoms with Crippen molar-refractivity contribution in [1.82, 2.24) is 20.4 Å². The van der Waals surface area contributed by atoms with Crippen LogP contribution in [0.4, 0.5) is 13.2 Å². The Morgan fingerprint density at radius 1 is 1.13 bits per heavy atom. The van der Waals surface area contributed by atoms with E-state index in [1.807, 2.05) is 6.92 Å². The van der Waals surface area contributed by atoms with E-state index >= 15 is 0 Å². The number of ether oxygens (including phenoxy) is 1. The molecule has 2 heterocycles. The molecule has 0 bridgehead atoms. The van der Waals surface area contributed by atoms with E-state index in [-0.39, 0.29) is 30.0 Å². The molecule has 2 N–H and O–H groups in total. The van der Waals surface area contributed by atoms with Gasteiger partial charge in [0.2, 0.25) is 0 Å². The molecule has 2 atom stereocenters. The summed E-state index contributed by atoms with van der Waals surface area (Å²) >= 11 is 0. The standard InChI is InChI=1S/C20H38F3N5O.HI/c1-4-16(5-2)18(28-9-11-29-12-10-28)13-25-19(24-6-3)26-17-7-8-27(14-17)15-20(21,22)23;/h16-18H,4-15H2,1-3H3,(H2,24,25,26);1H. The van der Waals surface area contributed by atoms with Gasteiger partial charge in [0.15, 0.2) is 5.96 Å². The molecule has 30 heavy (non-hydrogen) atoms. The average Bonchev–Trinajstić information content (AvgIpc) is 3.10. The molecule has 2 aliphatic heterocycles. The van der Waals surface area contributed by atoms with Crippen molar-refractivity contribution in [3.8, 4) is 0 Å². The second kappa shape index (κ2) is 13.9. The smallest absolute Gasteiger partial charge is 0.379 e. The molecule has 2 saturated heterocycles. The van der Waals surface area contributed by atoms with E-state index in [9.17, 15) is 13.2 Å². The molecule has 2 rings (SSSR count). The first kappa shape index (κ1) is 27.7. The molecule has 10 heteroatoms. The maximum atomic E-state index is 12.6. The Morgan fingerprint density at radius 3 is 2.37 bits per heavy atom. The lowest BCUT2D eigenvalue weighted by molar-refractivity contribution is -0.143. The Labute approximate surface area is 196 Å². The van der Waals surface area contributed by atoms with Crippen LogP contribution in [0.15, 0.2) is 4.99 Å². The Balaban J connectivity index is 0.00000450. The minimum atomic E-state index is -4.14. The van der Waals surface area contributed by atoms with Crippen molar-refractivity contribution in [3.05, 3.63) is 0 Å². The molecule has 0 radical (unpaired) electrons. The zero-order valence-electron chi connectivity index (χ0n) is 18.5. The molecule has 0 saturated carbocycles. The number of morpholine rings is 1. The number of hydrogen-bond donors (Lipinski definition) is 2. The van der Waals surface area contributed by atoms with Crippen LogP contribution in [0.25, 0.3) is 0 Å². The fourth-order valence-corrected chi connectivity index (χ4v) is 4.35. The Kier molecular flexibility index (Phi) is 12.9. The van der Waals surface area contributed by atoms with Crippen molar-refractivity contribution in [1.29, 1.82) is 0 Å². The highest BCUT2D eigenvalue weighted by atomic mass is 127. The molecule has 6 nitrogen and oxygen atoms in total. The molecule has 2 unspecified atom stereocenters. The minimum absolute atomic E-state index is 0. The molecule has 2 aliphatic rings. The lowest BCUT2D eigenvalue weighted by Gasteiger charge is -2.38. The first-order valence-electron chi connectivity index (χ1n) is 11.0. The van der Waals surface area contributed by atoms with Crippen LogP contribution in [0.3, 0.4) is 0 Å². The molecule has 0 aromatic carbocycles. The van der Waals surface area contributed by atoms with Gasteiger partial charge in [0.1, 0.15) is 0 Å². The summed E-state index contributed by atoms with van der Waals surface area (Å²) in [5.74, 6) is 1.27. The van der Waals surface area contributed by atoms with E-state index in [4.69, 9.17) is 9.73 Å². The summed E-state index contributed by atoms with van der Waals surface area (Å²) in [5.41, 5.74) is 0. The molecule has 0 aromatic rings. The molecule has 178 valence electrons. The summed E-state index contributed by atoms with van der Waals surface area (Å²) in [5, 5.41) is 6.61. The van der Waals surface area contributed by atoms with Crippen molar-refractivity contribution in [2.24, 2.45) is 10.9 Å². The highest BCUT2D eigenvalue weighted by Crippen LogP contribution is 2.21. The van der Waals surface area contributed by atoms with Crippen molar-refractivity contribution in [3.63, 3.8) is 0 Å². The summed E-state index contributed by atoms with van der Waals surface area (Å²) in [6.07, 6.45) is -1.24. The number of nitrogens with one attached hydrogen (secondary N) is 2. The predicted octanol–water partition coefficient (Wildman–Crippen LogP) is 2.93. The lowest BCUT2D eigenvalue weighted by atomic mass is 9.92. The van der Waals surface area contributed by atoms with Crippen LogP contribution in [0.5, 0.6) is 0 Å². The fourth-order valence-electron chi connectivity index (χ4n) is 4.35. The first-order valence-corrected chi connectivity index (χ1v) is 11.0. The molecule has 0 spiro atoms. The molecule has 2 fully saturated rings. The third kappa shape index (κ3) is 9.44. The van der Waals surface area contributed by atoms with Crippen LogP contribution in [-0.2, 0) is 4.74 Å². The summed E-state index contributed by atoms with van der Waals surface area (Å²) in [6, 6.07) is 0.347. The highest BCUT2D eigenvalue weighted by Gasteiger charge is 2.34. The van der Waals surface area contributed by atoms with Gasteiger partial charge in [-0.3, -0.25) is 14.8 Å². The van der Waals surface area contributed by atoms with Gasteiger partial charge in [-0.15, -0.1) is 24.0 Å². The number of alkyl halides is 3.